The molecule has 1 aromatic rings. The van der Waals surface area contributed by atoms with Crippen LogP contribution in [0.4, 0.5) is 4.39 Å². The zero-order valence-corrected chi connectivity index (χ0v) is 18.7. The lowest BCUT2D eigenvalue weighted by Gasteiger charge is -2.34. The Bertz CT molecular complexity index is 1080. The van der Waals surface area contributed by atoms with E-state index in [0.717, 1.165) is 0 Å². The second-order valence-corrected chi connectivity index (χ2v) is 9.80. The van der Waals surface area contributed by atoms with Crippen LogP contribution in [-0.2, 0) is 19.6 Å². The molecule has 0 atom stereocenters. The first-order valence-electron chi connectivity index (χ1n) is 8.92. The van der Waals surface area contributed by atoms with Gasteiger partial charge in [-0.2, -0.15) is 4.31 Å². The number of hydrogen-bond acceptors (Lipinski definition) is 4. The van der Waals surface area contributed by atoms with Gasteiger partial charge in [-0.1, -0.05) is 39.0 Å². The van der Waals surface area contributed by atoms with Crippen LogP contribution < -0.4 is 0 Å². The van der Waals surface area contributed by atoms with Crippen molar-refractivity contribution in [3.8, 4) is 0 Å². The zero-order chi connectivity index (χ0) is 21.2. The van der Waals surface area contributed by atoms with Gasteiger partial charge < -0.3 is 4.74 Å². The molecule has 9 heteroatoms. The summed E-state index contributed by atoms with van der Waals surface area (Å²) in [5.74, 6) is -0.941. The van der Waals surface area contributed by atoms with Gasteiger partial charge in [-0.15, -0.1) is 0 Å². The summed E-state index contributed by atoms with van der Waals surface area (Å²) in [6, 6.07) is 4.75. The molecule has 29 heavy (non-hydrogen) atoms. The van der Waals surface area contributed by atoms with E-state index in [1.54, 1.807) is 25.1 Å². The van der Waals surface area contributed by atoms with E-state index in [1.165, 1.54) is 16.4 Å². The number of allylic oxidation sites excluding steroid dienone is 4. The molecule has 0 unspecified atom stereocenters. The quantitative estimate of drug-likeness (QED) is 0.444. The van der Waals surface area contributed by atoms with Crippen LogP contribution >= 0.6 is 27.5 Å². The summed E-state index contributed by atoms with van der Waals surface area (Å²) in [4.78, 5) is 11.9. The Morgan fingerprint density at radius 1 is 1.31 bits per heavy atom. The molecule has 1 aromatic carbocycles. The van der Waals surface area contributed by atoms with Crippen molar-refractivity contribution in [3.63, 3.8) is 0 Å². The molecule has 3 rings (SSSR count). The second kappa shape index (κ2) is 8.60. The summed E-state index contributed by atoms with van der Waals surface area (Å²) in [5, 5.41) is 0.335. The highest BCUT2D eigenvalue weighted by atomic mass is 79.9. The Kier molecular flexibility index (Phi) is 6.54. The maximum Gasteiger partial charge on any atom is 0.343 e. The third-order valence-corrected chi connectivity index (χ3v) is 7.52. The molecule has 0 spiro atoms. The zero-order valence-electron chi connectivity index (χ0n) is 15.5. The number of nitrogens with zero attached hydrogens (tertiary/aromatic N) is 1. The van der Waals surface area contributed by atoms with E-state index in [4.69, 9.17) is 16.3 Å². The smallest absolute Gasteiger partial charge is 0.343 e. The number of carbonyl (C=O) groups excluding carboxylic acids is 1. The molecule has 1 heterocycles. The van der Waals surface area contributed by atoms with Gasteiger partial charge in [0.2, 0.25) is 15.7 Å². The van der Waals surface area contributed by atoms with Crippen LogP contribution in [0.5, 0.6) is 0 Å². The van der Waals surface area contributed by atoms with Crippen molar-refractivity contribution in [2.24, 2.45) is 0 Å². The summed E-state index contributed by atoms with van der Waals surface area (Å²) in [6.07, 6.45) is 2.55. The van der Waals surface area contributed by atoms with Crippen molar-refractivity contribution in [1.29, 1.82) is 0 Å². The minimum Gasteiger partial charge on any atom is -0.464 e. The number of benzene rings is 1. The normalized spacial score (nSPS) is 18.9. The van der Waals surface area contributed by atoms with Crippen LogP contribution in [0.1, 0.15) is 25.3 Å². The van der Waals surface area contributed by atoms with Crippen LogP contribution in [0.3, 0.4) is 0 Å². The SMILES string of the molecule is CCOC(=O)C1(F)CCN(S(=O)(=O)c2ccc(Br)cc2C2=C(Cl)C=C=C=C2)CC1. The van der Waals surface area contributed by atoms with E-state index < -0.39 is 21.7 Å². The molecule has 0 aromatic heterocycles. The van der Waals surface area contributed by atoms with E-state index in [-0.39, 0.29) is 37.4 Å². The van der Waals surface area contributed by atoms with Crippen LogP contribution in [0.2, 0.25) is 0 Å². The van der Waals surface area contributed by atoms with Gasteiger partial charge in [0, 0.05) is 47.6 Å². The summed E-state index contributed by atoms with van der Waals surface area (Å²) in [6.45, 7) is 1.41. The number of carbonyl (C=O) groups is 1. The predicted molar refractivity (Wildman–Crippen MR) is 112 cm³/mol. The Hall–Kier alpha value is -1.66. The van der Waals surface area contributed by atoms with E-state index in [2.05, 4.69) is 27.4 Å². The highest BCUT2D eigenvalue weighted by molar-refractivity contribution is 9.10. The summed E-state index contributed by atoms with van der Waals surface area (Å²) < 4.78 is 48.1. The number of alkyl halides is 1. The fourth-order valence-corrected chi connectivity index (χ4v) is 5.39. The highest BCUT2D eigenvalue weighted by Crippen LogP contribution is 2.36. The maximum absolute atomic E-state index is 14.8. The Morgan fingerprint density at radius 3 is 2.59 bits per heavy atom. The molecule has 154 valence electrons. The number of esters is 1. The standard InChI is InChI=1S/C20H18BrClFNO4S/c1-2-28-19(25)20(23)9-11-24(12-10-20)29(26,27)18-8-7-14(21)13-16(18)15-5-3-4-6-17(15)22/h5-8,13H,2,9-12H2,1H3. The summed E-state index contributed by atoms with van der Waals surface area (Å²) in [5.41, 5.74) is 4.23. The molecule has 1 saturated heterocycles. The number of sulfonamides is 1. The average Bonchev–Trinajstić information content (AvgIpc) is 2.68. The first kappa shape index (κ1) is 22.0. The minimum absolute atomic E-state index is 0.0460. The van der Waals surface area contributed by atoms with Gasteiger partial charge in [0.05, 0.1) is 16.5 Å². The van der Waals surface area contributed by atoms with Crippen molar-refractivity contribution >= 4 is 49.1 Å². The van der Waals surface area contributed by atoms with Crippen LogP contribution in [-0.4, -0.2) is 44.1 Å². The van der Waals surface area contributed by atoms with Gasteiger partial charge >= 0.3 is 5.97 Å². The maximum atomic E-state index is 14.8. The number of halogens is 3. The van der Waals surface area contributed by atoms with E-state index in [0.29, 0.717) is 20.6 Å². The van der Waals surface area contributed by atoms with Crippen molar-refractivity contribution in [1.82, 2.24) is 4.31 Å². The molecule has 1 aliphatic heterocycles. The molecular formula is C20H18BrClFNO4S. The van der Waals surface area contributed by atoms with Crippen molar-refractivity contribution in [2.45, 2.75) is 30.3 Å². The molecule has 0 radical (unpaired) electrons. The number of hydrogen-bond donors (Lipinski definition) is 0. The highest BCUT2D eigenvalue weighted by Gasteiger charge is 2.45. The first-order valence-corrected chi connectivity index (χ1v) is 11.5. The number of ether oxygens (including phenoxy) is 1. The molecule has 1 aliphatic carbocycles. The molecule has 1 fully saturated rings. The largest absolute Gasteiger partial charge is 0.464 e. The lowest BCUT2D eigenvalue weighted by molar-refractivity contribution is -0.160. The van der Waals surface area contributed by atoms with Gasteiger partial charge in [-0.05, 0) is 31.2 Å². The topological polar surface area (TPSA) is 63.7 Å². The van der Waals surface area contributed by atoms with Gasteiger partial charge in [-0.25, -0.2) is 17.6 Å². The Labute approximate surface area is 182 Å². The summed E-state index contributed by atoms with van der Waals surface area (Å²) in [7, 11) is -3.95. The third kappa shape index (κ3) is 4.43. The molecule has 0 amide bonds. The minimum atomic E-state index is -3.95. The van der Waals surface area contributed by atoms with Crippen LogP contribution in [0.15, 0.2) is 56.2 Å². The van der Waals surface area contributed by atoms with E-state index >= 15 is 0 Å². The molecule has 5 nitrogen and oxygen atoms in total. The Morgan fingerprint density at radius 2 is 1.97 bits per heavy atom. The monoisotopic (exact) mass is 501 g/mol. The van der Waals surface area contributed by atoms with E-state index in [9.17, 15) is 17.6 Å². The summed E-state index contributed by atoms with van der Waals surface area (Å²) >= 11 is 9.60. The van der Waals surface area contributed by atoms with Crippen molar-refractivity contribution in [3.05, 3.63) is 56.9 Å². The first-order chi connectivity index (χ1) is 13.7. The lowest BCUT2D eigenvalue weighted by Crippen LogP contribution is -2.49. The molecule has 2 aliphatic rings. The fourth-order valence-electron chi connectivity index (χ4n) is 3.19. The fraction of sp³-hybridized carbons (Fsp3) is 0.350. The lowest BCUT2D eigenvalue weighted by atomic mass is 9.95. The van der Waals surface area contributed by atoms with Gasteiger partial charge in [0.25, 0.3) is 0 Å². The van der Waals surface area contributed by atoms with Gasteiger partial charge in [0.1, 0.15) is 0 Å². The van der Waals surface area contributed by atoms with Gasteiger partial charge in [0.15, 0.2) is 0 Å². The Balaban J connectivity index is 1.93. The number of piperidine rings is 1. The van der Waals surface area contributed by atoms with Gasteiger partial charge in [-0.3, -0.25) is 0 Å². The molecular weight excluding hydrogens is 485 g/mol. The predicted octanol–water partition coefficient (Wildman–Crippen LogP) is 4.33. The van der Waals surface area contributed by atoms with Crippen molar-refractivity contribution in [2.75, 3.05) is 19.7 Å². The second-order valence-electron chi connectivity index (χ2n) is 6.57. The molecule has 0 N–H and O–H groups in total. The van der Waals surface area contributed by atoms with Crippen LogP contribution in [0, 0.1) is 0 Å². The molecule has 0 saturated carbocycles. The molecule has 0 bridgehead atoms. The third-order valence-electron chi connectivity index (χ3n) is 4.76. The number of rotatable bonds is 5. The van der Waals surface area contributed by atoms with E-state index in [1.807, 2.05) is 0 Å². The average molecular weight is 503 g/mol. The van der Waals surface area contributed by atoms with Crippen molar-refractivity contribution < 1.29 is 22.3 Å². The van der Waals surface area contributed by atoms with Crippen LogP contribution in [0.25, 0.3) is 5.57 Å².